The molecule has 4 nitrogen and oxygen atoms in total. The minimum Gasteiger partial charge on any atom is -0.469 e. The molecule has 92 valence electrons. The van der Waals surface area contributed by atoms with Gasteiger partial charge in [0.25, 0.3) is 0 Å². The minimum absolute atomic E-state index is 0.162. The van der Waals surface area contributed by atoms with Crippen LogP contribution in [-0.2, 0) is 25.7 Å². The van der Waals surface area contributed by atoms with Crippen molar-refractivity contribution < 1.29 is 19.1 Å². The van der Waals surface area contributed by atoms with Crippen LogP contribution in [0.5, 0.6) is 0 Å². The number of rotatable bonds is 7. The van der Waals surface area contributed by atoms with Gasteiger partial charge in [0.2, 0.25) is 0 Å². The van der Waals surface area contributed by atoms with Crippen molar-refractivity contribution in [2.75, 3.05) is 13.7 Å². The highest BCUT2D eigenvalue weighted by Crippen LogP contribution is 2.01. The van der Waals surface area contributed by atoms with Gasteiger partial charge >= 0.3 is 5.97 Å². The first-order valence-electron chi connectivity index (χ1n) is 5.42. The zero-order valence-electron chi connectivity index (χ0n) is 9.85. The molecule has 0 aliphatic heterocycles. The number of carbonyl (C=O) groups is 2. The van der Waals surface area contributed by atoms with E-state index in [0.717, 1.165) is 5.56 Å². The summed E-state index contributed by atoms with van der Waals surface area (Å²) in [5.41, 5.74) is 1.06. The van der Waals surface area contributed by atoms with Crippen LogP contribution in [0.15, 0.2) is 30.3 Å². The Kier molecular flexibility index (Phi) is 5.96. The summed E-state index contributed by atoms with van der Waals surface area (Å²) >= 11 is 0. The van der Waals surface area contributed by atoms with Crippen LogP contribution in [0.25, 0.3) is 0 Å². The summed E-state index contributed by atoms with van der Waals surface area (Å²) in [6, 6.07) is 9.71. The second-order valence-corrected chi connectivity index (χ2v) is 3.58. The van der Waals surface area contributed by atoms with Gasteiger partial charge in [0.05, 0.1) is 20.3 Å². The van der Waals surface area contributed by atoms with Gasteiger partial charge in [0, 0.05) is 6.42 Å². The van der Waals surface area contributed by atoms with Gasteiger partial charge < -0.3 is 9.47 Å². The lowest BCUT2D eigenvalue weighted by atomic mass is 10.2. The van der Waals surface area contributed by atoms with Gasteiger partial charge in [-0.1, -0.05) is 30.3 Å². The average Bonchev–Trinajstić information content (AvgIpc) is 2.36. The van der Waals surface area contributed by atoms with Crippen LogP contribution < -0.4 is 0 Å². The monoisotopic (exact) mass is 236 g/mol. The van der Waals surface area contributed by atoms with E-state index in [-0.39, 0.29) is 18.6 Å². The molecule has 17 heavy (non-hydrogen) atoms. The molecule has 1 rings (SSSR count). The second-order valence-electron chi connectivity index (χ2n) is 3.58. The predicted octanol–water partition coefficient (Wildman–Crippen LogP) is 1.73. The van der Waals surface area contributed by atoms with E-state index in [1.54, 1.807) is 0 Å². The molecule has 0 radical (unpaired) electrons. The van der Waals surface area contributed by atoms with Crippen LogP contribution >= 0.6 is 0 Å². The second kappa shape index (κ2) is 7.57. The van der Waals surface area contributed by atoms with E-state index in [1.807, 2.05) is 30.3 Å². The van der Waals surface area contributed by atoms with E-state index in [2.05, 4.69) is 4.74 Å². The summed E-state index contributed by atoms with van der Waals surface area (Å²) in [4.78, 5) is 22.0. The fraction of sp³-hybridized carbons (Fsp3) is 0.385. The molecule has 0 aliphatic rings. The van der Waals surface area contributed by atoms with Gasteiger partial charge in [-0.2, -0.15) is 0 Å². The van der Waals surface area contributed by atoms with Crippen molar-refractivity contribution in [2.24, 2.45) is 0 Å². The number of esters is 1. The van der Waals surface area contributed by atoms with Crippen LogP contribution in [0.1, 0.15) is 18.4 Å². The Morgan fingerprint density at radius 2 is 1.88 bits per heavy atom. The van der Waals surface area contributed by atoms with Crippen molar-refractivity contribution in [3.63, 3.8) is 0 Å². The zero-order valence-corrected chi connectivity index (χ0v) is 9.85. The normalized spacial score (nSPS) is 9.94. The Balaban J connectivity index is 2.12. The molecule has 0 aliphatic carbocycles. The minimum atomic E-state index is -0.502. The summed E-state index contributed by atoms with van der Waals surface area (Å²) in [6.45, 7) is 0.803. The highest BCUT2D eigenvalue weighted by Gasteiger charge is 2.08. The van der Waals surface area contributed by atoms with Gasteiger partial charge in [-0.15, -0.1) is 0 Å². The molecule has 4 heteroatoms. The van der Waals surface area contributed by atoms with E-state index < -0.39 is 5.97 Å². The van der Waals surface area contributed by atoms with Gasteiger partial charge in [-0.3, -0.25) is 9.59 Å². The molecule has 1 aromatic rings. The molecule has 0 N–H and O–H groups in total. The summed E-state index contributed by atoms with van der Waals surface area (Å²) in [5, 5.41) is 0. The van der Waals surface area contributed by atoms with E-state index in [1.165, 1.54) is 7.11 Å². The summed E-state index contributed by atoms with van der Waals surface area (Å²) < 4.78 is 9.73. The van der Waals surface area contributed by atoms with Crippen LogP contribution in [0.2, 0.25) is 0 Å². The maximum Gasteiger partial charge on any atom is 0.313 e. The largest absolute Gasteiger partial charge is 0.469 e. The number of benzene rings is 1. The van der Waals surface area contributed by atoms with Crippen molar-refractivity contribution in [1.29, 1.82) is 0 Å². The molecule has 0 fully saturated rings. The molecule has 0 spiro atoms. The van der Waals surface area contributed by atoms with E-state index in [0.29, 0.717) is 13.2 Å². The smallest absolute Gasteiger partial charge is 0.313 e. The number of methoxy groups -OCH3 is 1. The maximum absolute atomic E-state index is 11.2. The molecule has 1 aromatic carbocycles. The molecule has 0 atom stereocenters. The van der Waals surface area contributed by atoms with Crippen molar-refractivity contribution in [3.05, 3.63) is 35.9 Å². The van der Waals surface area contributed by atoms with Gasteiger partial charge in [-0.25, -0.2) is 0 Å². The standard InChI is InChI=1S/C13H16O4/c1-16-13(15)9-12(14)7-8-17-10-11-5-3-2-4-6-11/h2-6H,7-10H2,1H3. The Bertz CT molecular complexity index is 359. The van der Waals surface area contributed by atoms with Crippen molar-refractivity contribution in [1.82, 2.24) is 0 Å². The molecule has 0 unspecified atom stereocenters. The third-order valence-electron chi connectivity index (χ3n) is 2.21. The van der Waals surface area contributed by atoms with Crippen LogP contribution in [0.3, 0.4) is 0 Å². The van der Waals surface area contributed by atoms with Gasteiger partial charge in [0.1, 0.15) is 12.2 Å². The number of hydrogen-bond donors (Lipinski definition) is 0. The Morgan fingerprint density at radius 3 is 2.53 bits per heavy atom. The molecular weight excluding hydrogens is 220 g/mol. The highest BCUT2D eigenvalue weighted by atomic mass is 16.5. The quantitative estimate of drug-likeness (QED) is 0.411. The summed E-state index contributed by atoms with van der Waals surface area (Å²) in [5.74, 6) is -0.664. The molecule has 0 heterocycles. The number of ether oxygens (including phenoxy) is 2. The molecule has 0 amide bonds. The number of ketones is 1. The Morgan fingerprint density at radius 1 is 1.18 bits per heavy atom. The molecule has 0 saturated carbocycles. The fourth-order valence-corrected chi connectivity index (χ4v) is 1.27. The average molecular weight is 236 g/mol. The third kappa shape index (κ3) is 5.82. The summed E-state index contributed by atoms with van der Waals surface area (Å²) in [7, 11) is 1.27. The van der Waals surface area contributed by atoms with Crippen molar-refractivity contribution in [3.8, 4) is 0 Å². The lowest BCUT2D eigenvalue weighted by Gasteiger charge is -2.03. The first-order chi connectivity index (χ1) is 8.22. The SMILES string of the molecule is COC(=O)CC(=O)CCOCc1ccccc1. The van der Waals surface area contributed by atoms with E-state index >= 15 is 0 Å². The van der Waals surface area contributed by atoms with Crippen LogP contribution in [0.4, 0.5) is 0 Å². The predicted molar refractivity (Wildman–Crippen MR) is 62.4 cm³/mol. The molecule has 0 bridgehead atoms. The van der Waals surface area contributed by atoms with Gasteiger partial charge in [-0.05, 0) is 5.56 Å². The maximum atomic E-state index is 11.2. The fourth-order valence-electron chi connectivity index (χ4n) is 1.27. The van der Waals surface area contributed by atoms with Gasteiger partial charge in [0.15, 0.2) is 0 Å². The van der Waals surface area contributed by atoms with E-state index in [9.17, 15) is 9.59 Å². The van der Waals surface area contributed by atoms with Crippen molar-refractivity contribution >= 4 is 11.8 Å². The lowest BCUT2D eigenvalue weighted by molar-refractivity contribution is -0.143. The highest BCUT2D eigenvalue weighted by molar-refractivity contribution is 5.95. The first-order valence-corrected chi connectivity index (χ1v) is 5.42. The molecular formula is C13H16O4. The van der Waals surface area contributed by atoms with Crippen molar-refractivity contribution in [2.45, 2.75) is 19.4 Å². The zero-order chi connectivity index (χ0) is 12.5. The first kappa shape index (κ1) is 13.4. The Hall–Kier alpha value is -1.68. The molecule has 0 aromatic heterocycles. The van der Waals surface area contributed by atoms with Crippen LogP contribution in [-0.4, -0.2) is 25.5 Å². The number of Topliss-reactive ketones (excluding diaryl/α,β-unsaturated/α-hetero) is 1. The number of hydrogen-bond acceptors (Lipinski definition) is 4. The van der Waals surface area contributed by atoms with E-state index in [4.69, 9.17) is 4.74 Å². The lowest BCUT2D eigenvalue weighted by Crippen LogP contribution is -2.11. The van der Waals surface area contributed by atoms with Crippen LogP contribution in [0, 0.1) is 0 Å². The number of carbonyl (C=O) groups excluding carboxylic acids is 2. The summed E-state index contributed by atoms with van der Waals surface area (Å²) in [6.07, 6.45) is 0.0626. The third-order valence-corrected chi connectivity index (χ3v) is 2.21. The Labute approximate surface area is 101 Å². The topological polar surface area (TPSA) is 52.6 Å². The molecule has 0 saturated heterocycles.